The number of phenolic OH excluding ortho intramolecular Hbond substituents is 1. The number of nitrogens with one attached hydrogen (secondary N) is 1. The molecule has 3 unspecified atom stereocenters. The third-order valence-electron chi connectivity index (χ3n) is 9.05. The Bertz CT molecular complexity index is 1620. The van der Waals surface area contributed by atoms with Gasteiger partial charge in [0, 0.05) is 48.7 Å². The van der Waals surface area contributed by atoms with Crippen LogP contribution in [0.2, 0.25) is 0 Å². The molecule has 0 saturated carbocycles. The lowest BCUT2D eigenvalue weighted by Gasteiger charge is -2.34. The summed E-state index contributed by atoms with van der Waals surface area (Å²) in [7, 11) is 2.13. The molecule has 0 radical (unpaired) electrons. The number of fused-ring (bicyclic) bond motifs is 4. The highest BCUT2D eigenvalue weighted by Crippen LogP contribution is 2.37. The van der Waals surface area contributed by atoms with E-state index in [0.717, 1.165) is 62.5 Å². The van der Waals surface area contributed by atoms with Crippen LogP contribution in [0.25, 0.3) is 32.7 Å². The summed E-state index contributed by atoms with van der Waals surface area (Å²) in [4.78, 5) is 18.5. The van der Waals surface area contributed by atoms with Crippen LogP contribution in [-0.2, 0) is 6.54 Å². The van der Waals surface area contributed by atoms with Crippen LogP contribution in [0.4, 0.5) is 10.2 Å². The zero-order chi connectivity index (χ0) is 26.7. The van der Waals surface area contributed by atoms with Gasteiger partial charge in [-0.1, -0.05) is 30.3 Å². The van der Waals surface area contributed by atoms with Gasteiger partial charge in [-0.15, -0.1) is 0 Å². The number of aryl methyl sites for hydroxylation is 1. The summed E-state index contributed by atoms with van der Waals surface area (Å²) in [5.41, 5.74) is 0.490. The summed E-state index contributed by atoms with van der Waals surface area (Å²) in [5.74, 6) is 0.198. The molecule has 39 heavy (non-hydrogen) atoms. The van der Waals surface area contributed by atoms with E-state index in [0.29, 0.717) is 47.0 Å². The first-order valence-corrected chi connectivity index (χ1v) is 14.1. The lowest BCUT2D eigenvalue weighted by molar-refractivity contribution is 0.281. The summed E-state index contributed by atoms with van der Waals surface area (Å²) in [6, 6.07) is 15.6. The predicted molar refractivity (Wildman–Crippen MR) is 153 cm³/mol. The summed E-state index contributed by atoms with van der Waals surface area (Å²) < 4.78 is 18.1. The van der Waals surface area contributed by atoms with Gasteiger partial charge in [0.25, 0.3) is 5.56 Å². The third kappa shape index (κ3) is 4.26. The third-order valence-corrected chi connectivity index (χ3v) is 9.05. The molecule has 3 aliphatic heterocycles. The molecule has 3 atom stereocenters. The number of aromatic hydroxyl groups is 1. The average Bonchev–Trinajstić information content (AvgIpc) is 3.50. The highest BCUT2D eigenvalue weighted by atomic mass is 19.1. The number of piperazine rings is 1. The van der Waals surface area contributed by atoms with Crippen molar-refractivity contribution < 1.29 is 9.50 Å². The molecule has 3 saturated heterocycles. The van der Waals surface area contributed by atoms with Crippen molar-refractivity contribution >= 4 is 27.4 Å². The Labute approximate surface area is 226 Å². The molecule has 4 aromatic rings. The van der Waals surface area contributed by atoms with Crippen LogP contribution in [0.15, 0.2) is 53.3 Å². The maximum absolute atomic E-state index is 16.6. The van der Waals surface area contributed by atoms with Gasteiger partial charge in [-0.2, -0.15) is 5.10 Å². The average molecular weight is 528 g/mol. The van der Waals surface area contributed by atoms with Crippen molar-refractivity contribution in [2.75, 3.05) is 31.6 Å². The Balaban J connectivity index is 1.40. The van der Waals surface area contributed by atoms with Gasteiger partial charge < -0.3 is 20.2 Å². The number of likely N-dealkylation sites (tertiary alicyclic amines) is 1. The molecule has 1 aromatic heterocycles. The number of phenols is 1. The van der Waals surface area contributed by atoms with Gasteiger partial charge in [0.1, 0.15) is 11.6 Å². The molecule has 7 rings (SSSR count). The summed E-state index contributed by atoms with van der Waals surface area (Å²) in [5, 5.41) is 21.2. The number of halogens is 1. The number of hydrogen-bond acceptors (Lipinski definition) is 6. The van der Waals surface area contributed by atoms with Gasteiger partial charge in [0.15, 0.2) is 5.82 Å². The van der Waals surface area contributed by atoms with Crippen molar-refractivity contribution in [2.45, 2.75) is 56.8 Å². The highest BCUT2D eigenvalue weighted by molar-refractivity contribution is 6.01. The summed E-state index contributed by atoms with van der Waals surface area (Å²) >= 11 is 0. The van der Waals surface area contributed by atoms with Crippen LogP contribution >= 0.6 is 0 Å². The van der Waals surface area contributed by atoms with Crippen LogP contribution in [0.3, 0.4) is 0 Å². The van der Waals surface area contributed by atoms with Crippen LogP contribution in [0.5, 0.6) is 5.75 Å². The zero-order valence-corrected chi connectivity index (χ0v) is 22.2. The zero-order valence-electron chi connectivity index (χ0n) is 22.2. The van der Waals surface area contributed by atoms with Crippen LogP contribution in [-0.4, -0.2) is 64.6 Å². The van der Waals surface area contributed by atoms with Gasteiger partial charge in [0.2, 0.25) is 0 Å². The van der Waals surface area contributed by atoms with Crippen LogP contribution in [0, 0.1) is 5.82 Å². The molecule has 3 aromatic carbocycles. The van der Waals surface area contributed by atoms with E-state index in [1.54, 1.807) is 18.2 Å². The standard InChI is InChI=1S/C31H34FN5O2/c1-35-13-4-6-22(35)12-14-37-31(39)28-26(30(34-37)36-17-20-8-9-21(18-36)33-20)11-10-25(29(28)32)27-16-23(38)15-19-5-2-3-7-24(19)27/h2-3,5,7,10-11,15-16,20-22,33,38H,4,6,8-9,12-14,17-18H2,1H3. The number of anilines is 1. The fourth-order valence-corrected chi connectivity index (χ4v) is 7.01. The monoisotopic (exact) mass is 527 g/mol. The Kier molecular flexibility index (Phi) is 6.05. The maximum atomic E-state index is 16.6. The molecule has 8 heteroatoms. The van der Waals surface area contributed by atoms with Crippen LogP contribution in [0.1, 0.15) is 32.1 Å². The minimum absolute atomic E-state index is 0.0630. The molecule has 0 spiro atoms. The fraction of sp³-hybridized carbons (Fsp3) is 0.419. The quantitative estimate of drug-likeness (QED) is 0.399. The van der Waals surface area contributed by atoms with Crippen molar-refractivity contribution in [3.05, 3.63) is 64.7 Å². The lowest BCUT2D eigenvalue weighted by atomic mass is 9.95. The van der Waals surface area contributed by atoms with Crippen molar-refractivity contribution in [3.63, 3.8) is 0 Å². The summed E-state index contributed by atoms with van der Waals surface area (Å²) in [6.45, 7) is 3.11. The molecule has 2 N–H and O–H groups in total. The number of benzene rings is 3. The smallest absolute Gasteiger partial charge is 0.277 e. The first-order valence-electron chi connectivity index (χ1n) is 14.1. The van der Waals surface area contributed by atoms with Crippen molar-refractivity contribution in [3.8, 4) is 16.9 Å². The summed E-state index contributed by atoms with van der Waals surface area (Å²) in [6.07, 6.45) is 5.31. The predicted octanol–water partition coefficient (Wildman–Crippen LogP) is 4.49. The first-order chi connectivity index (χ1) is 19.0. The highest BCUT2D eigenvalue weighted by Gasteiger charge is 2.34. The largest absolute Gasteiger partial charge is 0.508 e. The van der Waals surface area contributed by atoms with E-state index in [2.05, 4.69) is 22.2 Å². The molecular formula is C31H34FN5O2. The van der Waals surface area contributed by atoms with Gasteiger partial charge in [-0.05, 0) is 80.2 Å². The van der Waals surface area contributed by atoms with E-state index < -0.39 is 11.4 Å². The molecule has 0 amide bonds. The Morgan fingerprint density at radius 2 is 1.82 bits per heavy atom. The van der Waals surface area contributed by atoms with Crippen molar-refractivity contribution in [1.29, 1.82) is 0 Å². The second-order valence-corrected chi connectivity index (χ2v) is 11.5. The molecule has 7 nitrogen and oxygen atoms in total. The second-order valence-electron chi connectivity index (χ2n) is 11.5. The Morgan fingerprint density at radius 3 is 2.59 bits per heavy atom. The maximum Gasteiger partial charge on any atom is 0.277 e. The SMILES string of the molecule is CN1CCCC1CCn1nc(N2CC3CCC(C2)N3)c2ccc(-c3cc(O)cc4ccccc34)c(F)c2c1=O. The normalized spacial score (nSPS) is 23.3. The van der Waals surface area contributed by atoms with Gasteiger partial charge in [-0.25, -0.2) is 9.07 Å². The molecule has 4 heterocycles. The van der Waals surface area contributed by atoms with Crippen LogP contribution < -0.4 is 15.8 Å². The van der Waals surface area contributed by atoms with E-state index >= 15 is 4.39 Å². The van der Waals surface area contributed by atoms with E-state index in [9.17, 15) is 9.90 Å². The molecule has 202 valence electrons. The minimum atomic E-state index is -0.554. The Hall–Kier alpha value is -3.49. The van der Waals surface area contributed by atoms with Gasteiger partial charge >= 0.3 is 0 Å². The number of rotatable bonds is 5. The fourth-order valence-electron chi connectivity index (χ4n) is 7.01. The topological polar surface area (TPSA) is 73.6 Å². The van der Waals surface area contributed by atoms with E-state index in [1.807, 2.05) is 30.3 Å². The molecular weight excluding hydrogens is 493 g/mol. The molecule has 0 aliphatic carbocycles. The van der Waals surface area contributed by atoms with Crippen molar-refractivity contribution in [2.24, 2.45) is 0 Å². The van der Waals surface area contributed by atoms with E-state index in [-0.39, 0.29) is 11.1 Å². The van der Waals surface area contributed by atoms with Gasteiger partial charge in [-0.3, -0.25) is 4.79 Å². The van der Waals surface area contributed by atoms with E-state index in [1.165, 1.54) is 4.68 Å². The number of hydrogen-bond donors (Lipinski definition) is 2. The minimum Gasteiger partial charge on any atom is -0.508 e. The number of aromatic nitrogens is 2. The van der Waals surface area contributed by atoms with Crippen molar-refractivity contribution in [1.82, 2.24) is 20.0 Å². The number of nitrogens with zero attached hydrogens (tertiary/aromatic N) is 4. The second kappa shape index (κ2) is 9.61. The molecule has 3 aliphatic rings. The molecule has 3 fully saturated rings. The molecule has 2 bridgehead atoms. The first kappa shape index (κ1) is 24.5. The van der Waals surface area contributed by atoms with Gasteiger partial charge in [0.05, 0.1) is 5.39 Å². The Morgan fingerprint density at radius 1 is 1.03 bits per heavy atom. The lowest BCUT2D eigenvalue weighted by Crippen LogP contribution is -2.51. The van der Waals surface area contributed by atoms with E-state index in [4.69, 9.17) is 5.10 Å².